The van der Waals surface area contributed by atoms with E-state index in [0.717, 1.165) is 12.8 Å². The lowest BCUT2D eigenvalue weighted by Crippen LogP contribution is -2.10. The van der Waals surface area contributed by atoms with Crippen molar-refractivity contribution in [3.8, 4) is 0 Å². The van der Waals surface area contributed by atoms with Crippen molar-refractivity contribution in [2.24, 2.45) is 0 Å². The first-order chi connectivity index (χ1) is 5.26. The molecule has 0 aromatic rings. The summed E-state index contributed by atoms with van der Waals surface area (Å²) in [5.41, 5.74) is 1.21. The van der Waals surface area contributed by atoms with Crippen LogP contribution < -0.4 is 0 Å². The minimum atomic E-state index is 0.220. The molecule has 2 nitrogen and oxygen atoms in total. The smallest absolute Gasteiger partial charge is 0.0775 e. The highest BCUT2D eigenvalue weighted by Gasteiger charge is 2.04. The molecule has 0 heterocycles. The molecule has 0 aromatic heterocycles. The van der Waals surface area contributed by atoms with Gasteiger partial charge in [-0.2, -0.15) is 0 Å². The molecular weight excluding hydrogens is 140 g/mol. The van der Waals surface area contributed by atoms with Gasteiger partial charge in [0.15, 0.2) is 0 Å². The van der Waals surface area contributed by atoms with Crippen molar-refractivity contribution in [3.63, 3.8) is 0 Å². The van der Waals surface area contributed by atoms with Gasteiger partial charge in [0.2, 0.25) is 0 Å². The number of aliphatic hydroxyl groups is 1. The van der Waals surface area contributed by atoms with Crippen molar-refractivity contribution in [1.82, 2.24) is 0 Å². The van der Waals surface area contributed by atoms with Crippen molar-refractivity contribution >= 4 is 0 Å². The minimum Gasteiger partial charge on any atom is -0.396 e. The summed E-state index contributed by atoms with van der Waals surface area (Å²) in [6.45, 7) is 4.34. The lowest BCUT2D eigenvalue weighted by Gasteiger charge is -2.13. The number of methoxy groups -OCH3 is 1. The Balaban J connectivity index is 3.85. The lowest BCUT2D eigenvalue weighted by molar-refractivity contribution is 0.128. The molecule has 11 heavy (non-hydrogen) atoms. The number of aliphatic hydroxyl groups excluding tert-OH is 1. The zero-order valence-electron chi connectivity index (χ0n) is 7.63. The van der Waals surface area contributed by atoms with E-state index >= 15 is 0 Å². The Hall–Kier alpha value is -0.340. The van der Waals surface area contributed by atoms with Crippen LogP contribution in [0.5, 0.6) is 0 Å². The first-order valence-electron chi connectivity index (χ1n) is 4.06. The van der Waals surface area contributed by atoms with Gasteiger partial charge in [0.1, 0.15) is 0 Å². The van der Waals surface area contributed by atoms with Gasteiger partial charge in [-0.15, -0.1) is 0 Å². The van der Waals surface area contributed by atoms with Gasteiger partial charge in [0.05, 0.1) is 6.10 Å². The molecule has 0 amide bonds. The highest BCUT2D eigenvalue weighted by Crippen LogP contribution is 2.09. The molecule has 2 heteroatoms. The first kappa shape index (κ1) is 10.7. The van der Waals surface area contributed by atoms with E-state index in [2.05, 4.69) is 6.92 Å². The Morgan fingerprint density at radius 1 is 1.64 bits per heavy atom. The molecule has 0 aliphatic heterocycles. The van der Waals surface area contributed by atoms with Gasteiger partial charge >= 0.3 is 0 Å². The molecule has 0 saturated heterocycles. The largest absolute Gasteiger partial charge is 0.396 e. The molecule has 1 N–H and O–H groups in total. The number of rotatable bonds is 5. The molecule has 1 atom stereocenters. The van der Waals surface area contributed by atoms with Gasteiger partial charge in [-0.1, -0.05) is 13.0 Å². The van der Waals surface area contributed by atoms with Gasteiger partial charge < -0.3 is 9.84 Å². The van der Waals surface area contributed by atoms with Crippen LogP contribution in [0.1, 0.15) is 26.7 Å². The molecule has 66 valence electrons. The molecule has 0 aromatic carbocycles. The van der Waals surface area contributed by atoms with Gasteiger partial charge in [-0.05, 0) is 25.3 Å². The third kappa shape index (κ3) is 4.17. The molecule has 0 aliphatic carbocycles. The van der Waals surface area contributed by atoms with Crippen LogP contribution in [0.25, 0.3) is 0 Å². The summed E-state index contributed by atoms with van der Waals surface area (Å²) in [4.78, 5) is 0. The summed E-state index contributed by atoms with van der Waals surface area (Å²) in [6, 6.07) is 0. The second-order valence-corrected chi connectivity index (χ2v) is 2.59. The fraction of sp³-hybridized carbons (Fsp3) is 0.778. The Bertz CT molecular complexity index is 115. The lowest BCUT2D eigenvalue weighted by atomic mass is 10.1. The van der Waals surface area contributed by atoms with Crippen molar-refractivity contribution in [2.45, 2.75) is 32.8 Å². The monoisotopic (exact) mass is 158 g/mol. The van der Waals surface area contributed by atoms with Crippen LogP contribution in [-0.2, 0) is 4.74 Å². The average Bonchev–Trinajstić information content (AvgIpc) is 2.03. The molecule has 0 radical (unpaired) electrons. The SMILES string of the molecule is CCC(OC)C(C)=CCCO. The highest BCUT2D eigenvalue weighted by atomic mass is 16.5. The van der Waals surface area contributed by atoms with Gasteiger partial charge in [-0.3, -0.25) is 0 Å². The van der Waals surface area contributed by atoms with Crippen molar-refractivity contribution < 1.29 is 9.84 Å². The summed E-state index contributed by atoms with van der Waals surface area (Å²) in [5.74, 6) is 0. The fourth-order valence-electron chi connectivity index (χ4n) is 1.10. The summed E-state index contributed by atoms with van der Waals surface area (Å²) in [5, 5.41) is 8.56. The van der Waals surface area contributed by atoms with E-state index in [-0.39, 0.29) is 12.7 Å². The predicted molar refractivity (Wildman–Crippen MR) is 46.5 cm³/mol. The maximum atomic E-state index is 8.56. The van der Waals surface area contributed by atoms with E-state index in [1.807, 2.05) is 13.0 Å². The molecule has 0 fully saturated rings. The minimum absolute atomic E-state index is 0.220. The van der Waals surface area contributed by atoms with Crippen LogP contribution >= 0.6 is 0 Å². The third-order valence-electron chi connectivity index (χ3n) is 1.76. The van der Waals surface area contributed by atoms with Gasteiger partial charge in [0, 0.05) is 13.7 Å². The van der Waals surface area contributed by atoms with Gasteiger partial charge in [-0.25, -0.2) is 0 Å². The summed E-state index contributed by atoms with van der Waals surface area (Å²) >= 11 is 0. The van der Waals surface area contributed by atoms with E-state index in [1.165, 1.54) is 5.57 Å². The second kappa shape index (κ2) is 6.38. The summed E-state index contributed by atoms with van der Waals surface area (Å²) < 4.78 is 5.21. The van der Waals surface area contributed by atoms with Gasteiger partial charge in [0.25, 0.3) is 0 Å². The van der Waals surface area contributed by atoms with E-state index in [4.69, 9.17) is 9.84 Å². The van der Waals surface area contributed by atoms with E-state index in [1.54, 1.807) is 7.11 Å². The van der Waals surface area contributed by atoms with Crippen LogP contribution in [0.15, 0.2) is 11.6 Å². The van der Waals surface area contributed by atoms with Crippen molar-refractivity contribution in [2.75, 3.05) is 13.7 Å². The first-order valence-corrected chi connectivity index (χ1v) is 4.06. The molecule has 0 rings (SSSR count). The van der Waals surface area contributed by atoms with Crippen molar-refractivity contribution in [1.29, 1.82) is 0 Å². The summed E-state index contributed by atoms with van der Waals surface area (Å²) in [6.07, 6.45) is 3.97. The fourth-order valence-corrected chi connectivity index (χ4v) is 1.10. The van der Waals surface area contributed by atoms with Crippen LogP contribution in [0.2, 0.25) is 0 Å². The van der Waals surface area contributed by atoms with Crippen LogP contribution in [0.4, 0.5) is 0 Å². The second-order valence-electron chi connectivity index (χ2n) is 2.59. The zero-order chi connectivity index (χ0) is 8.69. The molecule has 0 bridgehead atoms. The molecule has 0 spiro atoms. The normalized spacial score (nSPS) is 15.1. The number of ether oxygens (including phenoxy) is 1. The topological polar surface area (TPSA) is 29.5 Å². The van der Waals surface area contributed by atoms with Crippen molar-refractivity contribution in [3.05, 3.63) is 11.6 Å². The maximum absolute atomic E-state index is 8.56. The molecular formula is C9H18O2. The number of hydrogen-bond acceptors (Lipinski definition) is 2. The van der Waals surface area contributed by atoms with Crippen LogP contribution in [0, 0.1) is 0 Å². The van der Waals surface area contributed by atoms with E-state index in [9.17, 15) is 0 Å². The Labute approximate surface area is 68.9 Å². The van der Waals surface area contributed by atoms with Crippen LogP contribution in [0.3, 0.4) is 0 Å². The molecule has 0 aliphatic rings. The average molecular weight is 158 g/mol. The summed E-state index contributed by atoms with van der Waals surface area (Å²) in [7, 11) is 1.71. The quantitative estimate of drug-likeness (QED) is 0.617. The predicted octanol–water partition coefficient (Wildman–Crippen LogP) is 1.74. The standard InChI is InChI=1S/C9H18O2/c1-4-9(11-3)8(2)6-5-7-10/h6,9-10H,4-5,7H2,1-3H3. The van der Waals surface area contributed by atoms with E-state index in [0.29, 0.717) is 0 Å². The third-order valence-corrected chi connectivity index (χ3v) is 1.76. The highest BCUT2D eigenvalue weighted by molar-refractivity contribution is 5.04. The van der Waals surface area contributed by atoms with Crippen LogP contribution in [-0.4, -0.2) is 24.9 Å². The Morgan fingerprint density at radius 3 is 2.64 bits per heavy atom. The maximum Gasteiger partial charge on any atom is 0.0775 e. The Kier molecular flexibility index (Phi) is 6.18. The number of hydrogen-bond donors (Lipinski definition) is 1. The zero-order valence-corrected chi connectivity index (χ0v) is 7.63. The van der Waals surface area contributed by atoms with E-state index < -0.39 is 0 Å². The molecule has 0 saturated carbocycles. The molecule has 1 unspecified atom stereocenters. The Morgan fingerprint density at radius 2 is 2.27 bits per heavy atom.